The summed E-state index contributed by atoms with van der Waals surface area (Å²) in [6.07, 6.45) is 6.54. The van der Waals surface area contributed by atoms with Crippen molar-refractivity contribution >= 4 is 17.7 Å². The summed E-state index contributed by atoms with van der Waals surface area (Å²) < 4.78 is 0. The van der Waals surface area contributed by atoms with E-state index >= 15 is 0 Å². The van der Waals surface area contributed by atoms with Crippen molar-refractivity contribution in [1.29, 1.82) is 0 Å². The van der Waals surface area contributed by atoms with Crippen LogP contribution in [0.15, 0.2) is 35.2 Å². The van der Waals surface area contributed by atoms with E-state index in [1.807, 2.05) is 0 Å². The van der Waals surface area contributed by atoms with Crippen molar-refractivity contribution in [2.24, 2.45) is 0 Å². The molecule has 1 aliphatic carbocycles. The third-order valence-electron chi connectivity index (χ3n) is 2.68. The fourth-order valence-electron chi connectivity index (χ4n) is 1.93. The Morgan fingerprint density at radius 1 is 1.38 bits per heavy atom. The molecule has 84 valence electrons. The van der Waals surface area contributed by atoms with E-state index in [0.717, 1.165) is 0 Å². The Bertz CT molecular complexity index is 424. The molecule has 1 N–H and O–H groups in total. The van der Waals surface area contributed by atoms with E-state index in [-0.39, 0.29) is 0 Å². The highest BCUT2D eigenvalue weighted by atomic mass is 32.2. The maximum Gasteiger partial charge on any atom is 0.328 e. The topological polar surface area (TPSA) is 37.3 Å². The highest BCUT2D eigenvalue weighted by molar-refractivity contribution is 7.99. The number of carboxylic acids is 1. The molecule has 0 aromatic heterocycles. The van der Waals surface area contributed by atoms with Crippen LogP contribution in [0.5, 0.6) is 0 Å². The molecular weight excluding hydrogens is 220 g/mol. The van der Waals surface area contributed by atoms with Crippen molar-refractivity contribution in [1.82, 2.24) is 0 Å². The van der Waals surface area contributed by atoms with E-state index in [1.165, 1.54) is 41.4 Å². The van der Waals surface area contributed by atoms with Crippen molar-refractivity contribution in [2.75, 3.05) is 5.75 Å². The fraction of sp³-hybridized carbons (Fsp3) is 0.308. The van der Waals surface area contributed by atoms with E-state index < -0.39 is 5.97 Å². The summed E-state index contributed by atoms with van der Waals surface area (Å²) in [5.74, 6) is -0.167. The molecule has 2 nitrogen and oxygen atoms in total. The molecule has 0 bridgehead atoms. The third-order valence-corrected chi connectivity index (χ3v) is 3.62. The second-order valence-electron chi connectivity index (χ2n) is 3.84. The van der Waals surface area contributed by atoms with Crippen LogP contribution in [0.2, 0.25) is 0 Å². The van der Waals surface area contributed by atoms with Crippen molar-refractivity contribution in [3.63, 3.8) is 0 Å². The summed E-state index contributed by atoms with van der Waals surface area (Å²) in [5.41, 5.74) is 2.94. The number of fused-ring (bicyclic) bond motifs is 1. The van der Waals surface area contributed by atoms with E-state index in [9.17, 15) is 4.79 Å². The second-order valence-corrected chi connectivity index (χ2v) is 4.93. The lowest BCUT2D eigenvalue weighted by Crippen LogP contribution is -1.87. The van der Waals surface area contributed by atoms with Gasteiger partial charge in [0.05, 0.1) is 0 Å². The molecule has 0 saturated heterocycles. The Morgan fingerprint density at radius 2 is 2.19 bits per heavy atom. The molecule has 1 aromatic rings. The summed E-state index contributed by atoms with van der Waals surface area (Å²) in [6, 6.07) is 6.57. The quantitative estimate of drug-likeness (QED) is 0.643. The van der Waals surface area contributed by atoms with Crippen molar-refractivity contribution in [3.8, 4) is 0 Å². The van der Waals surface area contributed by atoms with Gasteiger partial charge in [-0.2, -0.15) is 0 Å². The lowest BCUT2D eigenvalue weighted by atomic mass is 10.1. The number of aliphatic carboxylic acids is 1. The first-order valence-electron chi connectivity index (χ1n) is 5.40. The molecule has 1 aliphatic rings. The van der Waals surface area contributed by atoms with Gasteiger partial charge in [-0.15, -0.1) is 11.8 Å². The molecule has 2 rings (SSSR count). The van der Waals surface area contributed by atoms with Crippen LogP contribution in [0.4, 0.5) is 0 Å². The van der Waals surface area contributed by atoms with Crippen LogP contribution in [0, 0.1) is 0 Å². The van der Waals surface area contributed by atoms with Gasteiger partial charge in [0, 0.05) is 16.7 Å². The van der Waals surface area contributed by atoms with Crippen LogP contribution < -0.4 is 0 Å². The number of carboxylic acid groups (broad SMARTS) is 1. The largest absolute Gasteiger partial charge is 0.478 e. The lowest BCUT2D eigenvalue weighted by Gasteiger charge is -2.02. The molecule has 0 atom stereocenters. The van der Waals surface area contributed by atoms with Crippen LogP contribution >= 0.6 is 11.8 Å². The van der Waals surface area contributed by atoms with Gasteiger partial charge in [-0.25, -0.2) is 4.79 Å². The van der Waals surface area contributed by atoms with Gasteiger partial charge in [-0.05, 0) is 42.5 Å². The molecule has 3 heteroatoms. The first kappa shape index (κ1) is 11.3. The van der Waals surface area contributed by atoms with Gasteiger partial charge in [0.25, 0.3) is 0 Å². The van der Waals surface area contributed by atoms with E-state index in [1.54, 1.807) is 17.8 Å². The van der Waals surface area contributed by atoms with Gasteiger partial charge < -0.3 is 5.11 Å². The standard InChI is InChI=1S/C13H14O2S/c14-13(15)5-2-8-16-12-7-6-10-3-1-4-11(10)9-12/h2,5-7,9H,1,3-4,8H2,(H,14,15). The zero-order chi connectivity index (χ0) is 11.4. The number of rotatable bonds is 4. The zero-order valence-corrected chi connectivity index (χ0v) is 9.80. The lowest BCUT2D eigenvalue weighted by molar-refractivity contribution is -0.131. The molecule has 1 aromatic carbocycles. The second kappa shape index (κ2) is 5.21. The van der Waals surface area contributed by atoms with Crippen LogP contribution in [-0.2, 0) is 17.6 Å². The molecular formula is C13H14O2S. The normalized spacial score (nSPS) is 14.2. The highest BCUT2D eigenvalue weighted by Gasteiger charge is 2.10. The molecule has 0 amide bonds. The molecule has 0 unspecified atom stereocenters. The van der Waals surface area contributed by atoms with Gasteiger partial charge >= 0.3 is 5.97 Å². The molecule has 0 spiro atoms. The monoisotopic (exact) mass is 234 g/mol. The summed E-state index contributed by atoms with van der Waals surface area (Å²) in [4.78, 5) is 11.5. The number of thioether (sulfide) groups is 1. The number of hydrogen-bond acceptors (Lipinski definition) is 2. The Morgan fingerprint density at radius 3 is 3.00 bits per heavy atom. The van der Waals surface area contributed by atoms with Gasteiger partial charge in [0.1, 0.15) is 0 Å². The number of carbonyl (C=O) groups is 1. The predicted octanol–water partition coefficient (Wildman–Crippen LogP) is 2.91. The number of benzene rings is 1. The third kappa shape index (κ3) is 2.89. The van der Waals surface area contributed by atoms with Gasteiger partial charge in [0.15, 0.2) is 0 Å². The minimum atomic E-state index is -0.880. The Hall–Kier alpha value is -1.22. The minimum Gasteiger partial charge on any atom is -0.478 e. The smallest absolute Gasteiger partial charge is 0.328 e. The molecule has 16 heavy (non-hydrogen) atoms. The molecule has 0 aliphatic heterocycles. The summed E-state index contributed by atoms with van der Waals surface area (Å²) in [7, 11) is 0. The maximum absolute atomic E-state index is 10.3. The summed E-state index contributed by atoms with van der Waals surface area (Å²) >= 11 is 1.68. The minimum absolute atomic E-state index is 0.713. The fourth-order valence-corrected chi connectivity index (χ4v) is 2.71. The molecule has 0 fully saturated rings. The van der Waals surface area contributed by atoms with Crippen molar-refractivity contribution in [3.05, 3.63) is 41.5 Å². The van der Waals surface area contributed by atoms with Gasteiger partial charge in [-0.3, -0.25) is 0 Å². The molecule has 0 heterocycles. The Balaban J connectivity index is 1.93. The Kier molecular flexibility index (Phi) is 3.67. The SMILES string of the molecule is O=C(O)C=CCSc1ccc2c(c1)CCC2. The van der Waals surface area contributed by atoms with E-state index in [0.29, 0.717) is 5.75 Å². The van der Waals surface area contributed by atoms with Gasteiger partial charge in [0.2, 0.25) is 0 Å². The van der Waals surface area contributed by atoms with Crippen LogP contribution in [0.25, 0.3) is 0 Å². The van der Waals surface area contributed by atoms with E-state index in [4.69, 9.17) is 5.11 Å². The number of aryl methyl sites for hydroxylation is 2. The first-order valence-corrected chi connectivity index (χ1v) is 6.38. The predicted molar refractivity (Wildman–Crippen MR) is 66.0 cm³/mol. The number of hydrogen-bond donors (Lipinski definition) is 1. The van der Waals surface area contributed by atoms with Crippen molar-refractivity contribution in [2.45, 2.75) is 24.2 Å². The first-order chi connectivity index (χ1) is 7.75. The van der Waals surface area contributed by atoms with Crippen molar-refractivity contribution < 1.29 is 9.90 Å². The van der Waals surface area contributed by atoms with E-state index in [2.05, 4.69) is 18.2 Å². The Labute approximate surface area is 99.4 Å². The molecule has 0 radical (unpaired) electrons. The van der Waals surface area contributed by atoms with Crippen LogP contribution in [-0.4, -0.2) is 16.8 Å². The average molecular weight is 234 g/mol. The van der Waals surface area contributed by atoms with Gasteiger partial charge in [-0.1, -0.05) is 12.1 Å². The summed E-state index contributed by atoms with van der Waals surface area (Å²) in [6.45, 7) is 0. The zero-order valence-electron chi connectivity index (χ0n) is 8.98. The van der Waals surface area contributed by atoms with Crippen LogP contribution in [0.1, 0.15) is 17.5 Å². The summed E-state index contributed by atoms with van der Waals surface area (Å²) in [5, 5.41) is 8.44. The molecule has 0 saturated carbocycles. The maximum atomic E-state index is 10.3. The van der Waals surface area contributed by atoms with Crippen LogP contribution in [0.3, 0.4) is 0 Å². The average Bonchev–Trinajstić information content (AvgIpc) is 2.71. The highest BCUT2D eigenvalue weighted by Crippen LogP contribution is 2.27.